The van der Waals surface area contributed by atoms with Crippen molar-refractivity contribution in [2.24, 2.45) is 11.8 Å². The molecule has 0 aliphatic carbocycles. The Morgan fingerprint density at radius 3 is 2.22 bits per heavy atom. The van der Waals surface area contributed by atoms with Crippen molar-refractivity contribution in [1.29, 1.82) is 0 Å². The molecule has 0 aliphatic heterocycles. The predicted molar refractivity (Wildman–Crippen MR) is 195 cm³/mol. The number of rotatable bonds is 9. The van der Waals surface area contributed by atoms with E-state index in [1.54, 1.807) is 11.3 Å². The first-order valence-corrected chi connectivity index (χ1v) is 20.6. The van der Waals surface area contributed by atoms with Crippen LogP contribution in [0.5, 0.6) is 0 Å². The normalized spacial score (nSPS) is 12.6. The first-order valence-electron chi connectivity index (χ1n) is 16.3. The zero-order valence-electron chi connectivity index (χ0n) is 29.0. The summed E-state index contributed by atoms with van der Waals surface area (Å²) in [6.07, 6.45) is 6.78. The summed E-state index contributed by atoms with van der Waals surface area (Å²) in [6, 6.07) is 16.4. The minimum absolute atomic E-state index is 0. The Bertz CT molecular complexity index is 1820. The molecule has 5 nitrogen and oxygen atoms in total. The minimum atomic E-state index is -1.60. The third kappa shape index (κ3) is 8.25. The summed E-state index contributed by atoms with van der Waals surface area (Å²) in [5, 5.41) is 13.2. The molecule has 5 rings (SSSR count). The zero-order chi connectivity index (χ0) is 33.1. The van der Waals surface area contributed by atoms with Gasteiger partial charge in [0.1, 0.15) is 8.07 Å². The smallest absolute Gasteiger partial charge is 0.172 e. The van der Waals surface area contributed by atoms with Crippen LogP contribution in [0.1, 0.15) is 79.7 Å². The van der Waals surface area contributed by atoms with Crippen LogP contribution in [-0.2, 0) is 30.3 Å². The van der Waals surface area contributed by atoms with Gasteiger partial charge >= 0.3 is 0 Å². The molecule has 0 amide bonds. The average Bonchev–Trinajstić information content (AvgIpc) is 3.57. The fourth-order valence-electron chi connectivity index (χ4n) is 5.64. The molecule has 5 aromatic rings. The quantitative estimate of drug-likeness (QED) is 0.0693. The second-order valence-corrected chi connectivity index (χ2v) is 19.9. The van der Waals surface area contributed by atoms with E-state index < -0.39 is 8.07 Å². The molecule has 3 aromatic heterocycles. The molecule has 0 atom stereocenters. The molecule has 8 heteroatoms. The van der Waals surface area contributed by atoms with E-state index >= 15 is 0 Å². The van der Waals surface area contributed by atoms with Crippen molar-refractivity contribution in [1.82, 2.24) is 9.97 Å². The summed E-state index contributed by atoms with van der Waals surface area (Å²) in [5.74, 6) is 0.547. The number of thiophene rings is 1. The van der Waals surface area contributed by atoms with Crippen molar-refractivity contribution >= 4 is 62.0 Å². The molecule has 2 aromatic carbocycles. The van der Waals surface area contributed by atoms with Crippen LogP contribution in [0.25, 0.3) is 42.5 Å². The second-order valence-electron chi connectivity index (χ2n) is 13.9. The number of carbonyl (C=O) groups excluding carboxylic acids is 1. The van der Waals surface area contributed by atoms with E-state index in [9.17, 15) is 9.90 Å². The molecule has 3 heterocycles. The number of allylic oxidation sites excluding steroid dienone is 2. The first-order chi connectivity index (χ1) is 21.2. The largest absolute Gasteiger partial charge is 0.512 e. The number of aromatic nitrogens is 2. The van der Waals surface area contributed by atoms with Gasteiger partial charge in [-0.05, 0) is 37.2 Å². The van der Waals surface area contributed by atoms with Crippen LogP contribution in [0.4, 0.5) is 0 Å². The summed E-state index contributed by atoms with van der Waals surface area (Å²) in [4.78, 5) is 22.3. The number of aliphatic hydroxyl groups is 1. The summed E-state index contributed by atoms with van der Waals surface area (Å²) in [5.41, 5.74) is 5.12. The van der Waals surface area contributed by atoms with E-state index in [4.69, 9.17) is 14.4 Å². The molecule has 1 radical (unpaired) electrons. The zero-order valence-corrected chi connectivity index (χ0v) is 33.2. The van der Waals surface area contributed by atoms with Crippen molar-refractivity contribution in [2.45, 2.75) is 99.2 Å². The predicted octanol–water partition coefficient (Wildman–Crippen LogP) is 10.8. The van der Waals surface area contributed by atoms with Crippen LogP contribution in [0, 0.1) is 17.9 Å². The van der Waals surface area contributed by atoms with E-state index in [1.165, 1.54) is 17.0 Å². The average molecular weight is 834 g/mol. The number of nitrogens with zero attached hydrogens (tertiary/aromatic N) is 2. The fourth-order valence-corrected chi connectivity index (χ4v) is 7.68. The Labute approximate surface area is 293 Å². The van der Waals surface area contributed by atoms with Gasteiger partial charge < -0.3 is 9.52 Å². The second kappa shape index (κ2) is 15.5. The van der Waals surface area contributed by atoms with E-state index in [-0.39, 0.29) is 48.9 Å². The molecule has 0 fully saturated rings. The molecule has 0 bridgehead atoms. The van der Waals surface area contributed by atoms with E-state index in [0.717, 1.165) is 68.3 Å². The van der Waals surface area contributed by atoms with Crippen molar-refractivity contribution in [3.05, 3.63) is 66.1 Å². The number of ketones is 1. The Morgan fingerprint density at radius 2 is 1.63 bits per heavy atom. The molecular weight excluding hydrogens is 785 g/mol. The Kier molecular flexibility index (Phi) is 12.7. The summed E-state index contributed by atoms with van der Waals surface area (Å²) in [7, 11) is -1.60. The Balaban J connectivity index is 0.000000309. The molecule has 1 N–H and O–H groups in total. The van der Waals surface area contributed by atoms with E-state index in [1.807, 2.05) is 40.0 Å². The Morgan fingerprint density at radius 1 is 1.00 bits per heavy atom. The van der Waals surface area contributed by atoms with Crippen molar-refractivity contribution in [2.75, 3.05) is 0 Å². The number of pyridine rings is 1. The third-order valence-corrected chi connectivity index (χ3v) is 11.1. The topological polar surface area (TPSA) is 76.2 Å². The third-order valence-electron chi connectivity index (χ3n) is 8.51. The number of hydrogen-bond donors (Lipinski definition) is 1. The SMILES string of the molecule is CC(C)(C)c1cc(-c2nccc3c2sc2nc([Si](C)(C)C)oc23)[c-]c2ccccc12.CCC(CC)C(=O)/C=C(\O)C(CC)CC.[Ir]. The van der Waals surface area contributed by atoms with Crippen LogP contribution in [0.2, 0.25) is 19.6 Å². The number of carbonyl (C=O) groups is 1. The number of hydrogen-bond acceptors (Lipinski definition) is 6. The first kappa shape index (κ1) is 37.8. The van der Waals surface area contributed by atoms with Crippen LogP contribution >= 0.6 is 11.3 Å². The maximum absolute atomic E-state index is 11.7. The number of benzene rings is 2. The number of oxazole rings is 1. The molecule has 0 saturated carbocycles. The van der Waals surface area contributed by atoms with Crippen LogP contribution in [0.3, 0.4) is 0 Å². The van der Waals surface area contributed by atoms with Gasteiger partial charge in [0.25, 0.3) is 0 Å². The number of aliphatic hydroxyl groups excluding tert-OH is 1. The summed E-state index contributed by atoms with van der Waals surface area (Å²) in [6.45, 7) is 21.6. The van der Waals surface area contributed by atoms with E-state index in [0.29, 0.717) is 0 Å². The molecule has 0 spiro atoms. The van der Waals surface area contributed by atoms with Gasteiger partial charge in [-0.25, -0.2) is 4.98 Å². The molecule has 249 valence electrons. The molecule has 46 heavy (non-hydrogen) atoms. The standard InChI is InChI=1S/C25H25N2OSSi.C13H24O2.Ir/c1-25(2,3)19-14-16(13-15-9-7-8-10-17(15)19)20-22-18(11-12-26-20)21-23(29-22)27-24(28-21)30(4,5)6;1-5-10(6-2)12(14)9-13(15)11(7-3)8-4;/h7-12,14H,1-6H3;9-11,14H,5-8H2,1-4H3;/q-1;;/b;12-9-;. The molecule has 0 aliphatic rings. The van der Waals surface area contributed by atoms with Gasteiger partial charge in [-0.1, -0.05) is 97.3 Å². The van der Waals surface area contributed by atoms with Crippen molar-refractivity contribution in [3.8, 4) is 11.3 Å². The van der Waals surface area contributed by atoms with Crippen LogP contribution in [0.15, 0.2) is 58.8 Å². The molecule has 0 unspecified atom stereocenters. The molecular formula is C38H49IrN2O3SSi-. The van der Waals surface area contributed by atoms with Gasteiger partial charge in [0.15, 0.2) is 21.7 Å². The van der Waals surface area contributed by atoms with E-state index in [2.05, 4.69) is 76.8 Å². The van der Waals surface area contributed by atoms with Crippen molar-refractivity contribution in [3.63, 3.8) is 0 Å². The van der Waals surface area contributed by atoms with Gasteiger partial charge in [-0.15, -0.1) is 40.5 Å². The summed E-state index contributed by atoms with van der Waals surface area (Å²) < 4.78 is 7.37. The van der Waals surface area contributed by atoms with Crippen LogP contribution < -0.4 is 5.51 Å². The Hall–Kier alpha value is -2.64. The van der Waals surface area contributed by atoms with Crippen molar-refractivity contribution < 1.29 is 34.4 Å². The fraction of sp³-hybridized carbons (Fsp3) is 0.447. The van der Waals surface area contributed by atoms with Crippen LogP contribution in [-0.4, -0.2) is 28.9 Å². The van der Waals surface area contributed by atoms with Gasteiger partial charge in [-0.3, -0.25) is 9.78 Å². The monoisotopic (exact) mass is 834 g/mol. The maximum Gasteiger partial charge on any atom is 0.172 e. The molecule has 0 saturated heterocycles. The van der Waals surface area contributed by atoms with Gasteiger partial charge in [-0.2, -0.15) is 0 Å². The minimum Gasteiger partial charge on any atom is -0.512 e. The van der Waals surface area contributed by atoms with Gasteiger partial charge in [0, 0.05) is 60.0 Å². The number of fused-ring (bicyclic) bond motifs is 4. The van der Waals surface area contributed by atoms with Gasteiger partial charge in [0.05, 0.1) is 5.76 Å². The summed E-state index contributed by atoms with van der Waals surface area (Å²) >= 11 is 1.67. The maximum atomic E-state index is 11.7. The van der Waals surface area contributed by atoms with Gasteiger partial charge in [0.2, 0.25) is 0 Å².